The van der Waals surface area contributed by atoms with E-state index in [2.05, 4.69) is 0 Å². The van der Waals surface area contributed by atoms with Crippen LogP contribution in [-0.2, 0) is 0 Å². The molecule has 1 rings (SSSR count). The van der Waals surface area contributed by atoms with Gasteiger partial charge in [0.25, 0.3) is 0 Å². The second-order valence-electron chi connectivity index (χ2n) is 3.27. The summed E-state index contributed by atoms with van der Waals surface area (Å²) in [6.45, 7) is 3.40. The van der Waals surface area contributed by atoms with Crippen molar-refractivity contribution in [2.24, 2.45) is 5.73 Å². The van der Waals surface area contributed by atoms with E-state index in [1.165, 1.54) is 6.07 Å². The van der Waals surface area contributed by atoms with Crippen LogP contribution in [0.5, 0.6) is 0 Å². The third-order valence-electron chi connectivity index (χ3n) is 2.06. The number of halogens is 1. The van der Waals surface area contributed by atoms with Gasteiger partial charge in [0.15, 0.2) is 0 Å². The Kier molecular flexibility index (Phi) is 3.01. The summed E-state index contributed by atoms with van der Waals surface area (Å²) in [5.41, 5.74) is 6.52. The minimum atomic E-state index is -0.929. The lowest BCUT2D eigenvalue weighted by molar-refractivity contribution is 0.148. The number of benzene rings is 1. The van der Waals surface area contributed by atoms with E-state index in [4.69, 9.17) is 5.73 Å². The summed E-state index contributed by atoms with van der Waals surface area (Å²) in [7, 11) is 0. The molecule has 2 nitrogen and oxygen atoms in total. The molecule has 72 valence electrons. The van der Waals surface area contributed by atoms with Crippen LogP contribution in [0.2, 0.25) is 0 Å². The van der Waals surface area contributed by atoms with Crippen molar-refractivity contribution in [1.29, 1.82) is 0 Å². The van der Waals surface area contributed by atoms with Gasteiger partial charge >= 0.3 is 0 Å². The smallest absolute Gasteiger partial charge is 0.129 e. The summed E-state index contributed by atoms with van der Waals surface area (Å²) in [6.07, 6.45) is -0.929. The lowest BCUT2D eigenvalue weighted by Crippen LogP contribution is -2.25. The summed E-state index contributed by atoms with van der Waals surface area (Å²) in [4.78, 5) is 0. The van der Waals surface area contributed by atoms with E-state index < -0.39 is 18.0 Å². The number of aliphatic hydroxyl groups excluding tert-OH is 1. The summed E-state index contributed by atoms with van der Waals surface area (Å²) in [5, 5.41) is 9.59. The van der Waals surface area contributed by atoms with Crippen molar-refractivity contribution >= 4 is 0 Å². The molecule has 1 aromatic carbocycles. The van der Waals surface area contributed by atoms with Crippen molar-refractivity contribution in [3.63, 3.8) is 0 Å². The van der Waals surface area contributed by atoms with Crippen molar-refractivity contribution in [3.8, 4) is 0 Å². The van der Waals surface area contributed by atoms with E-state index in [-0.39, 0.29) is 0 Å². The van der Waals surface area contributed by atoms with Gasteiger partial charge in [-0.3, -0.25) is 0 Å². The van der Waals surface area contributed by atoms with Crippen LogP contribution in [0.1, 0.15) is 24.2 Å². The summed E-state index contributed by atoms with van der Waals surface area (Å²) >= 11 is 0. The molecule has 0 spiro atoms. The second kappa shape index (κ2) is 3.85. The zero-order valence-electron chi connectivity index (χ0n) is 7.79. The third kappa shape index (κ3) is 2.05. The highest BCUT2D eigenvalue weighted by Gasteiger charge is 2.18. The Morgan fingerprint density at radius 3 is 2.54 bits per heavy atom. The van der Waals surface area contributed by atoms with Crippen LogP contribution in [0.25, 0.3) is 0 Å². The number of aliphatic hydroxyl groups is 1. The van der Waals surface area contributed by atoms with E-state index >= 15 is 0 Å². The van der Waals surface area contributed by atoms with Crippen LogP contribution in [-0.4, -0.2) is 11.1 Å². The molecular formula is C10H14FNO. The Balaban J connectivity index is 3.12. The Morgan fingerprint density at radius 1 is 1.46 bits per heavy atom. The number of hydrogen-bond donors (Lipinski definition) is 2. The molecule has 2 unspecified atom stereocenters. The van der Waals surface area contributed by atoms with Gasteiger partial charge < -0.3 is 10.8 Å². The minimum absolute atomic E-state index is 0.303. The quantitative estimate of drug-likeness (QED) is 0.730. The van der Waals surface area contributed by atoms with E-state index in [1.54, 1.807) is 26.0 Å². The first-order valence-electron chi connectivity index (χ1n) is 4.22. The van der Waals surface area contributed by atoms with E-state index in [1.807, 2.05) is 0 Å². The number of hydrogen-bond acceptors (Lipinski definition) is 2. The van der Waals surface area contributed by atoms with Crippen molar-refractivity contribution in [3.05, 3.63) is 35.1 Å². The largest absolute Gasteiger partial charge is 0.387 e. The SMILES string of the molecule is Cc1cccc(F)c1C(O)C(C)N. The van der Waals surface area contributed by atoms with Gasteiger partial charge in [-0.15, -0.1) is 0 Å². The van der Waals surface area contributed by atoms with Gasteiger partial charge in [0.05, 0.1) is 6.10 Å². The average molecular weight is 183 g/mol. The first-order chi connectivity index (χ1) is 6.04. The van der Waals surface area contributed by atoms with Crippen LogP contribution in [0.3, 0.4) is 0 Å². The molecule has 13 heavy (non-hydrogen) atoms. The monoisotopic (exact) mass is 183 g/mol. The van der Waals surface area contributed by atoms with E-state index in [0.717, 1.165) is 5.56 Å². The molecule has 0 radical (unpaired) electrons. The van der Waals surface area contributed by atoms with Crippen LogP contribution >= 0.6 is 0 Å². The second-order valence-corrected chi connectivity index (χ2v) is 3.27. The van der Waals surface area contributed by atoms with Crippen LogP contribution in [0, 0.1) is 12.7 Å². The first-order valence-corrected chi connectivity index (χ1v) is 4.22. The topological polar surface area (TPSA) is 46.2 Å². The Bertz CT molecular complexity index is 279. The van der Waals surface area contributed by atoms with Gasteiger partial charge in [-0.05, 0) is 25.5 Å². The molecular weight excluding hydrogens is 169 g/mol. The van der Waals surface area contributed by atoms with Crippen molar-refractivity contribution in [2.75, 3.05) is 0 Å². The number of aryl methyl sites for hydroxylation is 1. The van der Waals surface area contributed by atoms with Gasteiger partial charge in [-0.1, -0.05) is 12.1 Å². The molecule has 2 atom stereocenters. The van der Waals surface area contributed by atoms with Gasteiger partial charge in [0.1, 0.15) is 5.82 Å². The highest BCUT2D eigenvalue weighted by molar-refractivity contribution is 5.30. The lowest BCUT2D eigenvalue weighted by Gasteiger charge is -2.17. The predicted octanol–water partition coefficient (Wildman–Crippen LogP) is 1.51. The molecule has 0 saturated carbocycles. The molecule has 0 saturated heterocycles. The third-order valence-corrected chi connectivity index (χ3v) is 2.06. The molecule has 0 fully saturated rings. The van der Waals surface area contributed by atoms with Crippen LogP contribution < -0.4 is 5.73 Å². The maximum Gasteiger partial charge on any atom is 0.129 e. The summed E-state index contributed by atoms with van der Waals surface area (Å²) in [6, 6.07) is 4.23. The average Bonchev–Trinajstić information content (AvgIpc) is 2.03. The summed E-state index contributed by atoms with van der Waals surface area (Å²) < 4.78 is 13.2. The molecule has 0 aliphatic heterocycles. The fourth-order valence-electron chi connectivity index (χ4n) is 1.28. The maximum absolute atomic E-state index is 13.2. The fourth-order valence-corrected chi connectivity index (χ4v) is 1.28. The van der Waals surface area contributed by atoms with Crippen molar-refractivity contribution in [1.82, 2.24) is 0 Å². The van der Waals surface area contributed by atoms with Gasteiger partial charge in [0.2, 0.25) is 0 Å². The molecule has 0 amide bonds. The Morgan fingerprint density at radius 2 is 2.08 bits per heavy atom. The molecule has 0 aliphatic carbocycles. The van der Waals surface area contributed by atoms with E-state index in [0.29, 0.717) is 5.56 Å². The highest BCUT2D eigenvalue weighted by atomic mass is 19.1. The standard InChI is InChI=1S/C10H14FNO/c1-6-4-3-5-8(11)9(6)10(13)7(2)12/h3-5,7,10,13H,12H2,1-2H3. The normalized spacial score (nSPS) is 15.5. The Hall–Kier alpha value is -0.930. The minimum Gasteiger partial charge on any atom is -0.387 e. The number of nitrogens with two attached hydrogens (primary N) is 1. The Labute approximate surface area is 77.2 Å². The molecule has 0 heterocycles. The van der Waals surface area contributed by atoms with Crippen molar-refractivity contribution in [2.45, 2.75) is 26.0 Å². The highest BCUT2D eigenvalue weighted by Crippen LogP contribution is 2.22. The van der Waals surface area contributed by atoms with E-state index in [9.17, 15) is 9.50 Å². The molecule has 0 aromatic heterocycles. The summed E-state index contributed by atoms with van der Waals surface area (Å²) in [5.74, 6) is -0.398. The zero-order valence-corrected chi connectivity index (χ0v) is 7.79. The van der Waals surface area contributed by atoms with Gasteiger partial charge in [-0.2, -0.15) is 0 Å². The lowest BCUT2D eigenvalue weighted by atomic mass is 9.99. The molecule has 0 bridgehead atoms. The molecule has 3 heteroatoms. The van der Waals surface area contributed by atoms with Crippen molar-refractivity contribution < 1.29 is 9.50 Å². The van der Waals surface area contributed by atoms with Gasteiger partial charge in [0, 0.05) is 11.6 Å². The molecule has 1 aromatic rings. The maximum atomic E-state index is 13.2. The molecule has 0 aliphatic rings. The van der Waals surface area contributed by atoms with Crippen LogP contribution in [0.15, 0.2) is 18.2 Å². The zero-order chi connectivity index (χ0) is 10.0. The van der Waals surface area contributed by atoms with Gasteiger partial charge in [-0.25, -0.2) is 4.39 Å². The molecule has 3 N–H and O–H groups in total. The fraction of sp³-hybridized carbons (Fsp3) is 0.400. The predicted molar refractivity (Wildman–Crippen MR) is 49.7 cm³/mol. The van der Waals surface area contributed by atoms with Crippen LogP contribution in [0.4, 0.5) is 4.39 Å². The number of rotatable bonds is 2. The first kappa shape index (κ1) is 10.2.